The molecule has 0 radical (unpaired) electrons. The van der Waals surface area contributed by atoms with Crippen LogP contribution in [-0.4, -0.2) is 53.0 Å². The van der Waals surface area contributed by atoms with Crippen molar-refractivity contribution in [3.8, 4) is 11.8 Å². The summed E-state index contributed by atoms with van der Waals surface area (Å²) in [7, 11) is 2.94. The van der Waals surface area contributed by atoms with Crippen LogP contribution in [0, 0.1) is 5.92 Å². The van der Waals surface area contributed by atoms with E-state index in [9.17, 15) is 9.59 Å². The number of carbonyl (C=O) groups is 2. The van der Waals surface area contributed by atoms with E-state index in [2.05, 4.69) is 15.3 Å². The van der Waals surface area contributed by atoms with E-state index in [4.69, 9.17) is 14.6 Å². The molecular weight excluding hydrogens is 310 g/mol. The van der Waals surface area contributed by atoms with Crippen molar-refractivity contribution in [1.29, 1.82) is 0 Å². The molecule has 1 heterocycles. The van der Waals surface area contributed by atoms with Gasteiger partial charge >= 0.3 is 5.97 Å². The largest absolute Gasteiger partial charge is 0.481 e. The minimum absolute atomic E-state index is 0.0420. The number of hydrogen-bond donors (Lipinski definition) is 2. The number of rotatable bonds is 8. The maximum absolute atomic E-state index is 12.1. The van der Waals surface area contributed by atoms with Gasteiger partial charge in [0.25, 0.3) is 0 Å². The third kappa shape index (κ3) is 5.40. The van der Waals surface area contributed by atoms with Crippen molar-refractivity contribution in [2.75, 3.05) is 20.8 Å². The molecule has 122 valence electrons. The van der Waals surface area contributed by atoms with Crippen molar-refractivity contribution in [3.05, 3.63) is 6.07 Å². The van der Waals surface area contributed by atoms with Crippen molar-refractivity contribution in [1.82, 2.24) is 15.3 Å². The van der Waals surface area contributed by atoms with E-state index in [1.807, 2.05) is 13.8 Å². The minimum Gasteiger partial charge on any atom is -0.481 e. The van der Waals surface area contributed by atoms with Gasteiger partial charge in [0.05, 0.1) is 25.5 Å². The van der Waals surface area contributed by atoms with Gasteiger partial charge in [-0.15, -0.1) is 0 Å². The molecule has 9 heteroatoms. The van der Waals surface area contributed by atoms with Crippen LogP contribution >= 0.6 is 11.8 Å². The quantitative estimate of drug-likeness (QED) is 0.532. The minimum atomic E-state index is -1.10. The third-order valence-electron chi connectivity index (χ3n) is 2.59. The van der Waals surface area contributed by atoms with E-state index in [-0.39, 0.29) is 11.8 Å². The highest BCUT2D eigenvalue weighted by Gasteiger charge is 2.25. The molecular formula is C13H19N3O5S. The number of thioether (sulfide) groups is 1. The molecule has 1 unspecified atom stereocenters. The summed E-state index contributed by atoms with van der Waals surface area (Å²) >= 11 is 1.13. The first-order chi connectivity index (χ1) is 10.4. The maximum Gasteiger partial charge on any atom is 0.322 e. The van der Waals surface area contributed by atoms with Crippen molar-refractivity contribution < 1.29 is 24.2 Å². The second-order valence-corrected chi connectivity index (χ2v) is 5.74. The average molecular weight is 329 g/mol. The molecule has 1 aromatic rings. The highest BCUT2D eigenvalue weighted by atomic mass is 32.2. The first kappa shape index (κ1) is 18.0. The Morgan fingerprint density at radius 2 is 1.82 bits per heavy atom. The number of amides is 1. The van der Waals surface area contributed by atoms with E-state index >= 15 is 0 Å². The van der Waals surface area contributed by atoms with Gasteiger partial charge in [-0.25, -0.2) is 0 Å². The average Bonchev–Trinajstić information content (AvgIpc) is 2.49. The molecule has 0 aliphatic heterocycles. The normalized spacial score (nSPS) is 11.9. The van der Waals surface area contributed by atoms with Crippen LogP contribution in [-0.2, 0) is 9.59 Å². The topological polar surface area (TPSA) is 111 Å². The fourth-order valence-electron chi connectivity index (χ4n) is 1.51. The van der Waals surface area contributed by atoms with Crippen molar-refractivity contribution in [2.45, 2.75) is 24.3 Å². The lowest BCUT2D eigenvalue weighted by atomic mass is 10.1. The van der Waals surface area contributed by atoms with Crippen LogP contribution in [0.4, 0.5) is 0 Å². The molecule has 0 bridgehead atoms. The van der Waals surface area contributed by atoms with Crippen LogP contribution in [0.3, 0.4) is 0 Å². The second-order valence-electron chi connectivity index (χ2n) is 4.63. The summed E-state index contributed by atoms with van der Waals surface area (Å²) in [5.41, 5.74) is 0. The smallest absolute Gasteiger partial charge is 0.322 e. The first-order valence-corrected chi connectivity index (χ1v) is 7.38. The highest BCUT2D eigenvalue weighted by Crippen LogP contribution is 2.28. The lowest BCUT2D eigenvalue weighted by Gasteiger charge is -2.18. The number of carbonyl (C=O) groups excluding carboxylic acids is 1. The van der Waals surface area contributed by atoms with E-state index in [1.165, 1.54) is 20.3 Å². The van der Waals surface area contributed by atoms with Crippen LogP contribution in [0.1, 0.15) is 13.8 Å². The standard InChI is InChI=1S/C13H19N3O5S/c1-7(2)11(12(19)14-6-10(17)18)22-13-15-8(20-3)5-9(16-13)21-4/h5,7,11H,6H2,1-4H3,(H,14,19)(H,17,18). The first-order valence-electron chi connectivity index (χ1n) is 6.50. The Morgan fingerprint density at radius 1 is 1.27 bits per heavy atom. The highest BCUT2D eigenvalue weighted by molar-refractivity contribution is 8.00. The van der Waals surface area contributed by atoms with Gasteiger partial charge < -0.3 is 19.9 Å². The SMILES string of the molecule is COc1cc(OC)nc(SC(C(=O)NCC(=O)O)C(C)C)n1. The van der Waals surface area contributed by atoms with E-state index < -0.39 is 17.8 Å². The Hall–Kier alpha value is -2.03. The van der Waals surface area contributed by atoms with E-state index in [0.29, 0.717) is 16.9 Å². The number of methoxy groups -OCH3 is 2. The number of hydrogen-bond acceptors (Lipinski definition) is 7. The molecule has 8 nitrogen and oxygen atoms in total. The molecule has 1 atom stereocenters. The molecule has 0 fully saturated rings. The molecule has 2 N–H and O–H groups in total. The number of aromatic nitrogens is 2. The lowest BCUT2D eigenvalue weighted by molar-refractivity contribution is -0.137. The molecule has 0 aromatic carbocycles. The zero-order valence-corrected chi connectivity index (χ0v) is 13.6. The third-order valence-corrected chi connectivity index (χ3v) is 3.99. The van der Waals surface area contributed by atoms with Crippen LogP contribution in [0.15, 0.2) is 11.2 Å². The number of nitrogens with one attached hydrogen (secondary N) is 1. The Bertz CT molecular complexity index is 516. The summed E-state index contributed by atoms with van der Waals surface area (Å²) in [6.45, 7) is 3.29. The van der Waals surface area contributed by atoms with E-state index in [0.717, 1.165) is 11.8 Å². The predicted octanol–water partition coefficient (Wildman–Crippen LogP) is 0.811. The van der Waals surface area contributed by atoms with Gasteiger partial charge in [-0.3, -0.25) is 9.59 Å². The molecule has 0 saturated carbocycles. The Labute approximate surface area is 132 Å². The van der Waals surface area contributed by atoms with Crippen LogP contribution in [0.5, 0.6) is 11.8 Å². The van der Waals surface area contributed by atoms with E-state index in [1.54, 1.807) is 0 Å². The van der Waals surface area contributed by atoms with Crippen LogP contribution in [0.25, 0.3) is 0 Å². The Morgan fingerprint density at radius 3 is 2.23 bits per heavy atom. The maximum atomic E-state index is 12.1. The van der Waals surface area contributed by atoms with Gasteiger partial charge in [0, 0.05) is 0 Å². The van der Waals surface area contributed by atoms with Gasteiger partial charge in [0.15, 0.2) is 5.16 Å². The Balaban J connectivity index is 2.90. The summed E-state index contributed by atoms with van der Waals surface area (Å²) in [5, 5.41) is 10.8. The van der Waals surface area contributed by atoms with Gasteiger partial charge in [-0.05, 0) is 5.92 Å². The molecule has 0 aliphatic carbocycles. The summed E-state index contributed by atoms with van der Waals surface area (Å²) < 4.78 is 10.1. The summed E-state index contributed by atoms with van der Waals surface area (Å²) in [5.74, 6) is -0.877. The molecule has 22 heavy (non-hydrogen) atoms. The zero-order chi connectivity index (χ0) is 16.7. The molecule has 0 aliphatic rings. The number of aliphatic carboxylic acids is 1. The monoisotopic (exact) mass is 329 g/mol. The predicted molar refractivity (Wildman–Crippen MR) is 80.3 cm³/mol. The lowest BCUT2D eigenvalue weighted by Crippen LogP contribution is -2.38. The summed E-state index contributed by atoms with van der Waals surface area (Å²) in [6, 6.07) is 1.53. The molecule has 0 spiro atoms. The number of ether oxygens (including phenoxy) is 2. The molecule has 1 amide bonds. The van der Waals surface area contributed by atoms with Gasteiger partial charge in [-0.2, -0.15) is 9.97 Å². The van der Waals surface area contributed by atoms with Gasteiger partial charge in [-0.1, -0.05) is 25.6 Å². The second kappa shape index (κ2) is 8.42. The van der Waals surface area contributed by atoms with Crippen molar-refractivity contribution in [2.24, 2.45) is 5.92 Å². The molecule has 0 saturated heterocycles. The van der Waals surface area contributed by atoms with Crippen molar-refractivity contribution in [3.63, 3.8) is 0 Å². The summed E-state index contributed by atoms with van der Waals surface area (Å²) in [4.78, 5) is 30.9. The number of carboxylic acid groups (broad SMARTS) is 1. The van der Waals surface area contributed by atoms with Crippen LogP contribution in [0.2, 0.25) is 0 Å². The fourth-order valence-corrected chi connectivity index (χ4v) is 2.49. The molecule has 1 aromatic heterocycles. The van der Waals surface area contributed by atoms with Gasteiger partial charge in [0.2, 0.25) is 17.7 Å². The summed E-state index contributed by atoms with van der Waals surface area (Å²) in [6.07, 6.45) is 0. The van der Waals surface area contributed by atoms with Crippen molar-refractivity contribution >= 4 is 23.6 Å². The van der Waals surface area contributed by atoms with Gasteiger partial charge in [0.1, 0.15) is 6.54 Å². The molecule has 1 rings (SSSR count). The zero-order valence-electron chi connectivity index (χ0n) is 12.8. The number of nitrogens with zero attached hydrogens (tertiary/aromatic N) is 2. The number of carboxylic acids is 1. The fraction of sp³-hybridized carbons (Fsp3) is 0.538. The Kier molecular flexibility index (Phi) is 6.90. The van der Waals surface area contributed by atoms with Crippen LogP contribution < -0.4 is 14.8 Å².